The second-order valence-electron chi connectivity index (χ2n) is 5.33. The fourth-order valence-electron chi connectivity index (χ4n) is 2.23. The summed E-state index contributed by atoms with van der Waals surface area (Å²) in [7, 11) is 0. The second kappa shape index (κ2) is 7.65. The lowest BCUT2D eigenvalue weighted by Crippen LogP contribution is -2.33. The molecule has 0 unspecified atom stereocenters. The molecule has 0 spiro atoms. The summed E-state index contributed by atoms with van der Waals surface area (Å²) in [6, 6.07) is 2.45. The third-order valence-corrected chi connectivity index (χ3v) is 3.82. The smallest absolute Gasteiger partial charge is 0.316 e. The predicted octanol–water partition coefficient (Wildman–Crippen LogP) is 3.73. The van der Waals surface area contributed by atoms with Crippen LogP contribution in [-0.2, 0) is 15.8 Å². The van der Waals surface area contributed by atoms with E-state index in [0.29, 0.717) is 6.07 Å². The van der Waals surface area contributed by atoms with Crippen LogP contribution in [0.3, 0.4) is 0 Å². The van der Waals surface area contributed by atoms with E-state index in [9.17, 15) is 22.8 Å². The van der Waals surface area contributed by atoms with Crippen molar-refractivity contribution in [3.05, 3.63) is 28.8 Å². The van der Waals surface area contributed by atoms with Gasteiger partial charge in [-0.3, -0.25) is 9.59 Å². The monoisotopic (exact) mass is 361 g/mol. The Morgan fingerprint density at radius 3 is 2.38 bits per heavy atom. The van der Waals surface area contributed by atoms with E-state index in [1.807, 2.05) is 0 Å². The highest BCUT2D eigenvalue weighted by molar-refractivity contribution is 6.41. The fraction of sp³-hybridized carbons (Fsp3) is 0.400. The van der Waals surface area contributed by atoms with Crippen LogP contribution in [-0.4, -0.2) is 17.5 Å². The molecule has 9 heteroatoms. The van der Waals surface area contributed by atoms with Crippen molar-refractivity contribution in [1.82, 2.24) is 5.43 Å². The zero-order chi connectivity index (χ0) is 17.7. The van der Waals surface area contributed by atoms with Crippen molar-refractivity contribution in [3.8, 4) is 0 Å². The Morgan fingerprint density at radius 2 is 1.75 bits per heavy atom. The van der Waals surface area contributed by atoms with Crippen molar-refractivity contribution in [3.63, 3.8) is 0 Å². The molecule has 24 heavy (non-hydrogen) atoms. The maximum Gasteiger partial charge on any atom is 0.416 e. The standard InChI is InChI=1S/C15H15ClF3N3O2/c16-11-7-6-9(15(17,18)19)8-12(11)20-13(23)14(24)22-21-10-4-2-1-3-5-10/h6-8H,1-5H2,(H,20,23)(H,22,24). The average molecular weight is 362 g/mol. The van der Waals surface area contributed by atoms with Crippen LogP contribution in [0.5, 0.6) is 0 Å². The zero-order valence-electron chi connectivity index (χ0n) is 12.5. The molecule has 2 N–H and O–H groups in total. The van der Waals surface area contributed by atoms with Gasteiger partial charge in [-0.2, -0.15) is 18.3 Å². The molecule has 0 saturated heterocycles. The van der Waals surface area contributed by atoms with Crippen LogP contribution in [0.1, 0.15) is 37.7 Å². The van der Waals surface area contributed by atoms with Gasteiger partial charge >= 0.3 is 18.0 Å². The summed E-state index contributed by atoms with van der Waals surface area (Å²) in [5, 5.41) is 5.82. The molecule has 1 aliphatic rings. The minimum Gasteiger partial charge on any atom is -0.316 e. The Balaban J connectivity index is 2.02. The van der Waals surface area contributed by atoms with Crippen LogP contribution in [0.4, 0.5) is 18.9 Å². The molecule has 0 heterocycles. The Hall–Kier alpha value is -2.09. The van der Waals surface area contributed by atoms with E-state index in [4.69, 9.17) is 11.6 Å². The molecule has 0 aromatic heterocycles. The van der Waals surface area contributed by atoms with Gasteiger partial charge in [0.25, 0.3) is 0 Å². The summed E-state index contributed by atoms with van der Waals surface area (Å²) in [5.74, 6) is -2.21. The first-order valence-electron chi connectivity index (χ1n) is 7.31. The molecule has 130 valence electrons. The molecular formula is C15H15ClF3N3O2. The number of carbonyl (C=O) groups excluding carboxylic acids is 2. The first-order valence-corrected chi connectivity index (χ1v) is 7.68. The molecule has 0 aliphatic heterocycles. The van der Waals surface area contributed by atoms with Gasteiger partial charge in [0.15, 0.2) is 0 Å². The highest BCUT2D eigenvalue weighted by Gasteiger charge is 2.31. The van der Waals surface area contributed by atoms with Gasteiger partial charge in [-0.15, -0.1) is 0 Å². The van der Waals surface area contributed by atoms with E-state index in [0.717, 1.165) is 49.9 Å². The lowest BCUT2D eigenvalue weighted by Gasteiger charge is -2.12. The number of nitrogens with zero attached hydrogens (tertiary/aromatic N) is 1. The second-order valence-corrected chi connectivity index (χ2v) is 5.73. The molecule has 1 saturated carbocycles. The fourth-order valence-corrected chi connectivity index (χ4v) is 2.39. The quantitative estimate of drug-likeness (QED) is 0.622. The number of alkyl halides is 3. The molecular weight excluding hydrogens is 347 g/mol. The van der Waals surface area contributed by atoms with Gasteiger partial charge in [-0.1, -0.05) is 18.0 Å². The number of anilines is 1. The molecule has 0 radical (unpaired) electrons. The molecule has 0 bridgehead atoms. The van der Waals surface area contributed by atoms with Gasteiger partial charge in [-0.25, -0.2) is 5.43 Å². The Bertz CT molecular complexity index is 666. The van der Waals surface area contributed by atoms with E-state index in [2.05, 4.69) is 15.8 Å². The van der Waals surface area contributed by atoms with E-state index >= 15 is 0 Å². The Kier molecular flexibility index (Phi) is 5.82. The van der Waals surface area contributed by atoms with Crippen LogP contribution >= 0.6 is 11.6 Å². The number of hydrogen-bond acceptors (Lipinski definition) is 3. The predicted molar refractivity (Wildman–Crippen MR) is 83.7 cm³/mol. The zero-order valence-corrected chi connectivity index (χ0v) is 13.3. The summed E-state index contributed by atoms with van der Waals surface area (Å²) in [5.41, 5.74) is 1.62. The van der Waals surface area contributed by atoms with Crippen molar-refractivity contribution < 1.29 is 22.8 Å². The molecule has 2 amide bonds. The molecule has 1 aromatic rings. The first kappa shape index (κ1) is 18.3. The molecule has 1 fully saturated rings. The van der Waals surface area contributed by atoms with Gasteiger partial charge in [0, 0.05) is 5.71 Å². The summed E-state index contributed by atoms with van der Waals surface area (Å²) in [6.07, 6.45) is -0.0367. The average Bonchev–Trinajstić information content (AvgIpc) is 2.54. The summed E-state index contributed by atoms with van der Waals surface area (Å²) in [6.45, 7) is 0. The van der Waals surface area contributed by atoms with Crippen molar-refractivity contribution in [2.45, 2.75) is 38.3 Å². The molecule has 0 atom stereocenters. The Morgan fingerprint density at radius 1 is 1.08 bits per heavy atom. The highest BCUT2D eigenvalue weighted by atomic mass is 35.5. The number of benzene rings is 1. The van der Waals surface area contributed by atoms with Crippen molar-refractivity contribution in [2.24, 2.45) is 5.10 Å². The van der Waals surface area contributed by atoms with E-state index in [-0.39, 0.29) is 10.7 Å². The van der Waals surface area contributed by atoms with Crippen LogP contribution in [0.15, 0.2) is 23.3 Å². The van der Waals surface area contributed by atoms with Crippen LogP contribution in [0.2, 0.25) is 5.02 Å². The van der Waals surface area contributed by atoms with E-state index in [1.165, 1.54) is 0 Å². The van der Waals surface area contributed by atoms with Crippen molar-refractivity contribution >= 4 is 34.8 Å². The third-order valence-electron chi connectivity index (χ3n) is 3.49. The number of hydrogen-bond donors (Lipinski definition) is 2. The van der Waals surface area contributed by atoms with Gasteiger partial charge in [-0.05, 0) is 43.9 Å². The first-order chi connectivity index (χ1) is 11.3. The van der Waals surface area contributed by atoms with E-state index < -0.39 is 23.6 Å². The van der Waals surface area contributed by atoms with Gasteiger partial charge in [0.2, 0.25) is 0 Å². The van der Waals surface area contributed by atoms with Crippen LogP contribution in [0.25, 0.3) is 0 Å². The number of halogens is 4. The Labute approximate surface area is 141 Å². The van der Waals surface area contributed by atoms with Gasteiger partial charge < -0.3 is 5.32 Å². The molecule has 5 nitrogen and oxygen atoms in total. The molecule has 2 rings (SSSR count). The van der Waals surface area contributed by atoms with Crippen LogP contribution in [0, 0.1) is 0 Å². The SMILES string of the molecule is O=C(NN=C1CCCCC1)C(=O)Nc1cc(C(F)(F)F)ccc1Cl. The maximum atomic E-state index is 12.7. The summed E-state index contributed by atoms with van der Waals surface area (Å²) in [4.78, 5) is 23.5. The number of carbonyl (C=O) groups is 2. The highest BCUT2D eigenvalue weighted by Crippen LogP contribution is 2.33. The summed E-state index contributed by atoms with van der Waals surface area (Å²) >= 11 is 5.75. The van der Waals surface area contributed by atoms with Crippen molar-refractivity contribution in [1.29, 1.82) is 0 Å². The number of amides is 2. The number of rotatable bonds is 2. The minimum absolute atomic E-state index is 0.109. The maximum absolute atomic E-state index is 12.7. The van der Waals surface area contributed by atoms with Crippen LogP contribution < -0.4 is 10.7 Å². The third kappa shape index (κ3) is 4.95. The van der Waals surface area contributed by atoms with Gasteiger partial charge in [0.1, 0.15) is 0 Å². The largest absolute Gasteiger partial charge is 0.416 e. The number of nitrogens with one attached hydrogen (secondary N) is 2. The van der Waals surface area contributed by atoms with Crippen molar-refractivity contribution in [2.75, 3.05) is 5.32 Å². The molecule has 1 aromatic carbocycles. The minimum atomic E-state index is -4.58. The van der Waals surface area contributed by atoms with Gasteiger partial charge in [0.05, 0.1) is 16.3 Å². The lowest BCUT2D eigenvalue weighted by atomic mass is 9.99. The summed E-state index contributed by atoms with van der Waals surface area (Å²) < 4.78 is 38.0. The van der Waals surface area contributed by atoms with E-state index in [1.54, 1.807) is 0 Å². The normalized spacial score (nSPS) is 14.9. The lowest BCUT2D eigenvalue weighted by molar-refractivity contribution is -0.137. The topological polar surface area (TPSA) is 70.6 Å². The number of hydrazone groups is 1. The molecule has 1 aliphatic carbocycles.